The van der Waals surface area contributed by atoms with Crippen LogP contribution in [0.2, 0.25) is 0 Å². The minimum absolute atomic E-state index is 0.0158. The number of nitriles is 1. The van der Waals surface area contributed by atoms with Gasteiger partial charge in [0, 0.05) is 22.7 Å². The van der Waals surface area contributed by atoms with Crippen LogP contribution in [0, 0.1) is 11.3 Å². The number of aromatic amines is 1. The summed E-state index contributed by atoms with van der Waals surface area (Å²) >= 11 is 0.746. The topological polar surface area (TPSA) is 129 Å². The summed E-state index contributed by atoms with van der Waals surface area (Å²) in [6, 6.07) is 9.34. The molecular weight excluding hydrogens is 374 g/mol. The first kappa shape index (κ1) is 17.8. The molecule has 0 spiro atoms. The highest BCUT2D eigenvalue weighted by atomic mass is 32.2. The van der Waals surface area contributed by atoms with Crippen molar-refractivity contribution in [3.05, 3.63) is 41.6 Å². The number of hydrogen-bond donors (Lipinski definition) is 2. The van der Waals surface area contributed by atoms with Crippen molar-refractivity contribution in [3.8, 4) is 6.07 Å². The molecule has 132 valence electrons. The summed E-state index contributed by atoms with van der Waals surface area (Å²) in [5, 5.41) is 19.8. The van der Waals surface area contributed by atoms with Gasteiger partial charge in [0.15, 0.2) is 0 Å². The summed E-state index contributed by atoms with van der Waals surface area (Å²) < 4.78 is 23.3. The molecule has 0 fully saturated rings. The van der Waals surface area contributed by atoms with Crippen LogP contribution in [-0.4, -0.2) is 35.3 Å². The number of rotatable bonds is 5. The van der Waals surface area contributed by atoms with Crippen LogP contribution in [0.15, 0.2) is 40.4 Å². The number of hydrogen-bond acceptors (Lipinski definition) is 7. The molecule has 26 heavy (non-hydrogen) atoms. The van der Waals surface area contributed by atoms with Crippen molar-refractivity contribution in [2.24, 2.45) is 0 Å². The SMILES string of the molecule is CCS(=O)(=O)c1nnc(NC(=O)/C(C#N)=C\c2c[nH]c3ccccc23)s1. The number of aromatic nitrogens is 3. The standard InChI is InChI=1S/C16H13N5O3S2/c1-2-26(23,24)16-21-20-15(25-16)19-14(22)10(8-17)7-11-9-18-13-6-4-3-5-12(11)13/h3-7,9,18H,2H2,1H3,(H,19,20,22)/b10-7-. The zero-order valence-electron chi connectivity index (χ0n) is 13.6. The molecule has 0 unspecified atom stereocenters. The number of amides is 1. The summed E-state index contributed by atoms with van der Waals surface area (Å²) in [5.41, 5.74) is 1.44. The molecule has 1 amide bonds. The van der Waals surface area contributed by atoms with Crippen LogP contribution in [0.4, 0.5) is 5.13 Å². The number of para-hydroxylation sites is 1. The van der Waals surface area contributed by atoms with Gasteiger partial charge < -0.3 is 4.98 Å². The third kappa shape index (κ3) is 3.49. The Hall–Kier alpha value is -3.03. The number of nitrogens with zero attached hydrogens (tertiary/aromatic N) is 3. The van der Waals surface area contributed by atoms with Crippen molar-refractivity contribution < 1.29 is 13.2 Å². The second-order valence-corrected chi connectivity index (χ2v) is 8.62. The lowest BCUT2D eigenvalue weighted by molar-refractivity contribution is -0.112. The van der Waals surface area contributed by atoms with E-state index in [-0.39, 0.29) is 20.8 Å². The predicted octanol–water partition coefficient (Wildman–Crippen LogP) is 2.36. The molecule has 3 aromatic rings. The number of fused-ring (bicyclic) bond motifs is 1. The highest BCUT2D eigenvalue weighted by Gasteiger charge is 2.20. The summed E-state index contributed by atoms with van der Waals surface area (Å²) in [7, 11) is -3.49. The molecule has 0 aliphatic heterocycles. The fraction of sp³-hybridized carbons (Fsp3) is 0.125. The molecule has 1 aromatic carbocycles. The lowest BCUT2D eigenvalue weighted by atomic mass is 10.1. The van der Waals surface area contributed by atoms with E-state index in [9.17, 15) is 18.5 Å². The monoisotopic (exact) mass is 387 g/mol. The van der Waals surface area contributed by atoms with Crippen LogP contribution in [0.5, 0.6) is 0 Å². The molecule has 10 heteroatoms. The van der Waals surface area contributed by atoms with E-state index in [0.717, 1.165) is 22.2 Å². The highest BCUT2D eigenvalue weighted by Crippen LogP contribution is 2.23. The van der Waals surface area contributed by atoms with E-state index < -0.39 is 15.7 Å². The van der Waals surface area contributed by atoms with Crippen LogP contribution in [0.3, 0.4) is 0 Å². The van der Waals surface area contributed by atoms with Crippen molar-refractivity contribution in [1.82, 2.24) is 15.2 Å². The van der Waals surface area contributed by atoms with Crippen LogP contribution in [0.25, 0.3) is 17.0 Å². The quantitative estimate of drug-likeness (QED) is 0.393. The highest BCUT2D eigenvalue weighted by molar-refractivity contribution is 7.93. The lowest BCUT2D eigenvalue weighted by Crippen LogP contribution is -2.13. The molecule has 0 aliphatic rings. The van der Waals surface area contributed by atoms with Gasteiger partial charge in [-0.3, -0.25) is 10.1 Å². The second kappa shape index (κ2) is 7.07. The molecule has 2 N–H and O–H groups in total. The number of H-pyrrole nitrogens is 1. The van der Waals surface area contributed by atoms with Crippen molar-refractivity contribution >= 4 is 49.2 Å². The summed E-state index contributed by atoms with van der Waals surface area (Å²) in [5.74, 6) is -0.797. The van der Waals surface area contributed by atoms with Gasteiger partial charge in [-0.25, -0.2) is 8.42 Å². The third-order valence-electron chi connectivity index (χ3n) is 3.56. The van der Waals surface area contributed by atoms with Gasteiger partial charge in [-0.05, 0) is 12.1 Å². The van der Waals surface area contributed by atoms with Crippen molar-refractivity contribution in [2.45, 2.75) is 11.3 Å². The predicted molar refractivity (Wildman–Crippen MR) is 98.2 cm³/mol. The molecular formula is C16H13N5O3S2. The molecule has 8 nitrogen and oxygen atoms in total. The Bertz CT molecular complexity index is 1150. The number of carbonyl (C=O) groups is 1. The minimum atomic E-state index is -3.49. The normalized spacial score (nSPS) is 12.1. The van der Waals surface area contributed by atoms with E-state index in [0.29, 0.717) is 5.56 Å². The van der Waals surface area contributed by atoms with Crippen molar-refractivity contribution in [2.75, 3.05) is 11.1 Å². The lowest BCUT2D eigenvalue weighted by Gasteiger charge is -1.99. The number of carbonyl (C=O) groups excluding carboxylic acids is 1. The molecule has 2 heterocycles. The van der Waals surface area contributed by atoms with E-state index >= 15 is 0 Å². The first-order valence-electron chi connectivity index (χ1n) is 7.50. The molecule has 0 saturated carbocycles. The zero-order chi connectivity index (χ0) is 18.7. The van der Waals surface area contributed by atoms with E-state index in [2.05, 4.69) is 20.5 Å². The molecule has 0 bridgehead atoms. The third-order valence-corrected chi connectivity index (χ3v) is 6.58. The van der Waals surface area contributed by atoms with Crippen molar-refractivity contribution in [3.63, 3.8) is 0 Å². The average Bonchev–Trinajstić information content (AvgIpc) is 3.27. The second-order valence-electron chi connectivity index (χ2n) is 5.19. The number of benzene rings is 1. The van der Waals surface area contributed by atoms with Crippen LogP contribution in [0.1, 0.15) is 12.5 Å². The molecule has 0 radical (unpaired) electrons. The summed E-state index contributed by atoms with van der Waals surface area (Å²) in [6.07, 6.45) is 3.16. The van der Waals surface area contributed by atoms with E-state index in [1.165, 1.54) is 13.0 Å². The largest absolute Gasteiger partial charge is 0.361 e. The van der Waals surface area contributed by atoms with E-state index in [1.807, 2.05) is 30.3 Å². The Morgan fingerprint density at radius 3 is 2.88 bits per heavy atom. The Labute approximate surface area is 153 Å². The smallest absolute Gasteiger partial charge is 0.268 e. The number of sulfone groups is 1. The fourth-order valence-corrected chi connectivity index (χ4v) is 4.17. The van der Waals surface area contributed by atoms with Gasteiger partial charge in [0.05, 0.1) is 5.75 Å². The zero-order valence-corrected chi connectivity index (χ0v) is 15.2. The Morgan fingerprint density at radius 2 is 2.15 bits per heavy atom. The molecule has 0 aliphatic carbocycles. The van der Waals surface area contributed by atoms with Crippen LogP contribution in [-0.2, 0) is 14.6 Å². The van der Waals surface area contributed by atoms with Gasteiger partial charge in [-0.1, -0.05) is 36.5 Å². The molecule has 2 aromatic heterocycles. The molecule has 3 rings (SSSR count). The van der Waals surface area contributed by atoms with Crippen molar-refractivity contribution in [1.29, 1.82) is 5.26 Å². The van der Waals surface area contributed by atoms with Gasteiger partial charge in [0.25, 0.3) is 5.91 Å². The number of nitrogens with one attached hydrogen (secondary N) is 2. The maximum atomic E-state index is 12.3. The Morgan fingerprint density at radius 1 is 1.38 bits per heavy atom. The maximum absolute atomic E-state index is 12.3. The average molecular weight is 387 g/mol. The van der Waals surface area contributed by atoms with Crippen LogP contribution >= 0.6 is 11.3 Å². The van der Waals surface area contributed by atoms with Gasteiger partial charge in [0.1, 0.15) is 11.6 Å². The van der Waals surface area contributed by atoms with E-state index in [4.69, 9.17) is 0 Å². The first-order chi connectivity index (χ1) is 12.4. The van der Waals surface area contributed by atoms with Gasteiger partial charge in [-0.15, -0.1) is 10.2 Å². The van der Waals surface area contributed by atoms with Gasteiger partial charge in [0.2, 0.25) is 19.3 Å². The Kier molecular flexibility index (Phi) is 4.83. The van der Waals surface area contributed by atoms with Gasteiger partial charge in [-0.2, -0.15) is 5.26 Å². The summed E-state index contributed by atoms with van der Waals surface area (Å²) in [4.78, 5) is 15.4. The first-order valence-corrected chi connectivity index (χ1v) is 9.97. The molecule has 0 saturated heterocycles. The molecule has 0 atom stereocenters. The Balaban J connectivity index is 1.85. The minimum Gasteiger partial charge on any atom is -0.361 e. The summed E-state index contributed by atoms with van der Waals surface area (Å²) in [6.45, 7) is 1.49. The maximum Gasteiger partial charge on any atom is 0.268 e. The number of anilines is 1. The van der Waals surface area contributed by atoms with Crippen LogP contribution < -0.4 is 5.32 Å². The van der Waals surface area contributed by atoms with Gasteiger partial charge >= 0.3 is 0 Å². The fourth-order valence-electron chi connectivity index (χ4n) is 2.19. The van der Waals surface area contributed by atoms with E-state index in [1.54, 1.807) is 6.20 Å².